The number of nitrogens with zero attached hydrogens (tertiary/aromatic N) is 1. The molecule has 1 heterocycles. The first-order chi connectivity index (χ1) is 8.79. The quantitative estimate of drug-likeness (QED) is 0.894. The number of nitrogens with one attached hydrogen (secondary N) is 1. The van der Waals surface area contributed by atoms with E-state index in [1.165, 1.54) is 38.0 Å². The molecule has 19 heavy (non-hydrogen) atoms. The number of benzene rings is 1. The van der Waals surface area contributed by atoms with Gasteiger partial charge in [-0.1, -0.05) is 36.7 Å². The Kier molecular flexibility index (Phi) is 7.77. The van der Waals surface area contributed by atoms with Crippen molar-refractivity contribution in [2.75, 3.05) is 26.2 Å². The minimum atomic E-state index is 0. The second-order valence-electron chi connectivity index (χ2n) is 5.11. The molecular formula is C15H24Cl2N2. The highest BCUT2D eigenvalue weighted by atomic mass is 35.5. The van der Waals surface area contributed by atoms with Gasteiger partial charge < -0.3 is 5.32 Å². The van der Waals surface area contributed by atoms with E-state index in [2.05, 4.69) is 29.3 Å². The lowest BCUT2D eigenvalue weighted by atomic mass is 9.97. The second kappa shape index (κ2) is 8.80. The SMILES string of the molecule is CCN(Cc1ccccc1Cl)CC1CCNCC1.Cl. The summed E-state index contributed by atoms with van der Waals surface area (Å²) in [5.41, 5.74) is 1.25. The molecule has 1 aliphatic rings. The van der Waals surface area contributed by atoms with Gasteiger partial charge in [-0.05, 0) is 50.0 Å². The molecule has 0 amide bonds. The molecule has 1 N–H and O–H groups in total. The highest BCUT2D eigenvalue weighted by molar-refractivity contribution is 6.31. The average molecular weight is 303 g/mol. The van der Waals surface area contributed by atoms with Crippen LogP contribution in [0.5, 0.6) is 0 Å². The number of piperidine rings is 1. The smallest absolute Gasteiger partial charge is 0.0451 e. The van der Waals surface area contributed by atoms with E-state index >= 15 is 0 Å². The van der Waals surface area contributed by atoms with Gasteiger partial charge in [0.1, 0.15) is 0 Å². The van der Waals surface area contributed by atoms with Crippen molar-refractivity contribution < 1.29 is 0 Å². The molecule has 0 saturated carbocycles. The highest BCUT2D eigenvalue weighted by Crippen LogP contribution is 2.19. The van der Waals surface area contributed by atoms with Crippen LogP contribution < -0.4 is 5.32 Å². The van der Waals surface area contributed by atoms with Gasteiger partial charge in [0.2, 0.25) is 0 Å². The Morgan fingerprint density at radius 1 is 1.26 bits per heavy atom. The summed E-state index contributed by atoms with van der Waals surface area (Å²) in [5.74, 6) is 0.841. The first-order valence-electron chi connectivity index (χ1n) is 6.96. The molecule has 4 heteroatoms. The zero-order valence-corrected chi connectivity index (χ0v) is 13.1. The third-order valence-corrected chi connectivity index (χ3v) is 4.14. The van der Waals surface area contributed by atoms with Gasteiger partial charge in [0.15, 0.2) is 0 Å². The van der Waals surface area contributed by atoms with Crippen molar-refractivity contribution >= 4 is 24.0 Å². The molecular weight excluding hydrogens is 279 g/mol. The number of halogens is 2. The Morgan fingerprint density at radius 2 is 1.95 bits per heavy atom. The molecule has 0 aromatic heterocycles. The monoisotopic (exact) mass is 302 g/mol. The molecule has 1 aromatic rings. The predicted molar refractivity (Wildman–Crippen MR) is 85.2 cm³/mol. The molecule has 0 bridgehead atoms. The summed E-state index contributed by atoms with van der Waals surface area (Å²) in [7, 11) is 0. The minimum Gasteiger partial charge on any atom is -0.317 e. The first kappa shape index (κ1) is 16.8. The summed E-state index contributed by atoms with van der Waals surface area (Å²) >= 11 is 6.23. The van der Waals surface area contributed by atoms with Crippen LogP contribution in [0.3, 0.4) is 0 Å². The van der Waals surface area contributed by atoms with Crippen molar-refractivity contribution in [1.29, 1.82) is 0 Å². The van der Waals surface area contributed by atoms with Crippen molar-refractivity contribution in [2.45, 2.75) is 26.3 Å². The maximum Gasteiger partial charge on any atom is 0.0451 e. The molecule has 2 nitrogen and oxygen atoms in total. The molecule has 1 saturated heterocycles. The van der Waals surface area contributed by atoms with Crippen molar-refractivity contribution in [3.63, 3.8) is 0 Å². The molecule has 1 aromatic carbocycles. The van der Waals surface area contributed by atoms with Gasteiger partial charge in [0, 0.05) is 18.1 Å². The van der Waals surface area contributed by atoms with Gasteiger partial charge in [0.25, 0.3) is 0 Å². The van der Waals surface area contributed by atoms with Crippen molar-refractivity contribution in [1.82, 2.24) is 10.2 Å². The third-order valence-electron chi connectivity index (χ3n) is 3.77. The first-order valence-corrected chi connectivity index (χ1v) is 7.34. The van der Waals surface area contributed by atoms with E-state index in [4.69, 9.17) is 11.6 Å². The van der Waals surface area contributed by atoms with Gasteiger partial charge in [-0.2, -0.15) is 0 Å². The van der Waals surface area contributed by atoms with E-state index in [-0.39, 0.29) is 12.4 Å². The van der Waals surface area contributed by atoms with Gasteiger partial charge >= 0.3 is 0 Å². The van der Waals surface area contributed by atoms with E-state index in [1.807, 2.05) is 12.1 Å². The maximum atomic E-state index is 6.23. The fourth-order valence-electron chi connectivity index (χ4n) is 2.60. The Labute approximate surface area is 127 Å². The minimum absolute atomic E-state index is 0. The second-order valence-corrected chi connectivity index (χ2v) is 5.52. The molecule has 2 rings (SSSR count). The normalized spacial score (nSPS) is 16.4. The Morgan fingerprint density at radius 3 is 2.58 bits per heavy atom. The van der Waals surface area contributed by atoms with E-state index in [9.17, 15) is 0 Å². The summed E-state index contributed by atoms with van der Waals surface area (Å²) in [6.07, 6.45) is 2.61. The molecule has 0 atom stereocenters. The number of rotatable bonds is 5. The summed E-state index contributed by atoms with van der Waals surface area (Å²) < 4.78 is 0. The lowest BCUT2D eigenvalue weighted by molar-refractivity contribution is 0.207. The molecule has 0 spiro atoms. The van der Waals surface area contributed by atoms with Crippen LogP contribution in [-0.2, 0) is 6.54 Å². The van der Waals surface area contributed by atoms with Gasteiger partial charge in [-0.15, -0.1) is 12.4 Å². The molecule has 0 radical (unpaired) electrons. The molecule has 1 aliphatic heterocycles. The Balaban J connectivity index is 0.00000180. The van der Waals surface area contributed by atoms with Crippen LogP contribution in [0.4, 0.5) is 0 Å². The van der Waals surface area contributed by atoms with E-state index in [0.29, 0.717) is 0 Å². The summed E-state index contributed by atoms with van der Waals surface area (Å²) in [6, 6.07) is 8.18. The van der Waals surface area contributed by atoms with Crippen LogP contribution in [0.1, 0.15) is 25.3 Å². The Hall–Kier alpha value is -0.280. The molecule has 0 aliphatic carbocycles. The van der Waals surface area contributed by atoms with Crippen LogP contribution >= 0.6 is 24.0 Å². The molecule has 1 fully saturated rings. The fourth-order valence-corrected chi connectivity index (χ4v) is 2.80. The van der Waals surface area contributed by atoms with Gasteiger partial charge in [-0.25, -0.2) is 0 Å². The molecule has 0 unspecified atom stereocenters. The van der Waals surface area contributed by atoms with Crippen molar-refractivity contribution in [2.24, 2.45) is 5.92 Å². The standard InChI is InChI=1S/C15H23ClN2.ClH/c1-2-18(11-13-7-9-17-10-8-13)12-14-5-3-4-6-15(14)16;/h3-6,13,17H,2,7-12H2,1H3;1H. The van der Waals surface area contributed by atoms with Crippen LogP contribution in [0.15, 0.2) is 24.3 Å². The van der Waals surface area contributed by atoms with E-state index in [0.717, 1.165) is 24.0 Å². The van der Waals surface area contributed by atoms with Gasteiger partial charge in [-0.3, -0.25) is 4.90 Å². The van der Waals surface area contributed by atoms with Gasteiger partial charge in [0.05, 0.1) is 0 Å². The third kappa shape index (κ3) is 5.31. The van der Waals surface area contributed by atoms with E-state index < -0.39 is 0 Å². The van der Waals surface area contributed by atoms with Crippen LogP contribution in [0, 0.1) is 5.92 Å². The summed E-state index contributed by atoms with van der Waals surface area (Å²) in [4.78, 5) is 2.51. The summed E-state index contributed by atoms with van der Waals surface area (Å²) in [5, 5.41) is 4.32. The Bertz CT molecular complexity index is 365. The average Bonchev–Trinajstić information content (AvgIpc) is 2.41. The zero-order chi connectivity index (χ0) is 12.8. The molecule has 108 valence electrons. The van der Waals surface area contributed by atoms with Crippen LogP contribution in [-0.4, -0.2) is 31.1 Å². The highest BCUT2D eigenvalue weighted by Gasteiger charge is 2.16. The number of hydrogen-bond donors (Lipinski definition) is 1. The lowest BCUT2D eigenvalue weighted by Crippen LogP contribution is -2.35. The predicted octanol–water partition coefficient (Wildman–Crippen LogP) is 3.58. The lowest BCUT2D eigenvalue weighted by Gasteiger charge is -2.29. The summed E-state index contributed by atoms with van der Waals surface area (Å²) in [6.45, 7) is 7.85. The largest absolute Gasteiger partial charge is 0.317 e. The van der Waals surface area contributed by atoms with Crippen molar-refractivity contribution in [3.05, 3.63) is 34.9 Å². The van der Waals surface area contributed by atoms with Crippen molar-refractivity contribution in [3.8, 4) is 0 Å². The zero-order valence-electron chi connectivity index (χ0n) is 11.6. The van der Waals surface area contributed by atoms with E-state index in [1.54, 1.807) is 0 Å². The number of hydrogen-bond acceptors (Lipinski definition) is 2. The topological polar surface area (TPSA) is 15.3 Å². The fraction of sp³-hybridized carbons (Fsp3) is 0.600. The maximum absolute atomic E-state index is 6.23. The van der Waals surface area contributed by atoms with Crippen LogP contribution in [0.25, 0.3) is 0 Å². The van der Waals surface area contributed by atoms with Crippen LogP contribution in [0.2, 0.25) is 5.02 Å².